The summed E-state index contributed by atoms with van der Waals surface area (Å²) in [6, 6.07) is 14.8. The van der Waals surface area contributed by atoms with Gasteiger partial charge in [0.25, 0.3) is 0 Å². The molecule has 0 unspecified atom stereocenters. The van der Waals surface area contributed by atoms with Crippen molar-refractivity contribution in [1.29, 1.82) is 0 Å². The maximum absolute atomic E-state index is 13.7. The zero-order valence-corrected chi connectivity index (χ0v) is 26.2. The number of thiazole rings is 1. The first kappa shape index (κ1) is 30.3. The predicted octanol–water partition coefficient (Wildman–Crippen LogP) is 3.88. The van der Waals surface area contributed by atoms with Gasteiger partial charge >= 0.3 is 5.97 Å². The van der Waals surface area contributed by atoms with Gasteiger partial charge in [-0.3, -0.25) is 9.59 Å². The van der Waals surface area contributed by atoms with E-state index in [-0.39, 0.29) is 23.8 Å². The number of nitrogens with zero attached hydrogens (tertiary/aromatic N) is 3. The smallest absolute Gasteiger partial charge is 0.307 e. The number of hydrogen-bond acceptors (Lipinski definition) is 8. The molecule has 1 aliphatic heterocycles. The van der Waals surface area contributed by atoms with Crippen LogP contribution in [0, 0.1) is 5.41 Å². The Kier molecular flexibility index (Phi) is 8.58. The number of ether oxygens (including phenoxy) is 1. The molecule has 1 aromatic heterocycles. The minimum atomic E-state index is -3.60. The van der Waals surface area contributed by atoms with Gasteiger partial charge in [0.15, 0.2) is 0 Å². The van der Waals surface area contributed by atoms with E-state index < -0.39 is 27.0 Å². The molecule has 0 bridgehead atoms. The number of nitrogens with one attached hydrogen (secondary N) is 1. The van der Waals surface area contributed by atoms with E-state index in [1.54, 1.807) is 18.2 Å². The molecule has 42 heavy (non-hydrogen) atoms. The number of esters is 1. The number of amides is 1. The number of rotatable bonds is 8. The fraction of sp³-hybridized carbons (Fsp3) is 0.452. The van der Waals surface area contributed by atoms with E-state index in [9.17, 15) is 18.0 Å². The first-order valence-electron chi connectivity index (χ1n) is 14.2. The Balaban J connectivity index is 1.29. The summed E-state index contributed by atoms with van der Waals surface area (Å²) >= 11 is 1.40. The predicted molar refractivity (Wildman–Crippen MR) is 162 cm³/mol. The molecule has 2 aromatic carbocycles. The van der Waals surface area contributed by atoms with Gasteiger partial charge in [-0.1, -0.05) is 36.4 Å². The van der Waals surface area contributed by atoms with Crippen LogP contribution in [0.1, 0.15) is 43.3 Å². The van der Waals surface area contributed by atoms with Crippen molar-refractivity contribution < 1.29 is 22.7 Å². The lowest BCUT2D eigenvalue weighted by Gasteiger charge is -2.31. The fourth-order valence-corrected chi connectivity index (χ4v) is 7.79. The van der Waals surface area contributed by atoms with Crippen LogP contribution in [0.3, 0.4) is 0 Å². The second-order valence-electron chi connectivity index (χ2n) is 12.2. The van der Waals surface area contributed by atoms with Crippen LogP contribution < -0.4 is 5.32 Å². The Morgan fingerprint density at radius 3 is 2.33 bits per heavy atom. The molecule has 0 spiro atoms. The lowest BCUT2D eigenvalue weighted by atomic mass is 9.80. The molecule has 1 aliphatic carbocycles. The highest BCUT2D eigenvalue weighted by Crippen LogP contribution is 2.41. The van der Waals surface area contributed by atoms with Crippen molar-refractivity contribution >= 4 is 33.2 Å². The van der Waals surface area contributed by atoms with E-state index >= 15 is 0 Å². The zero-order chi connectivity index (χ0) is 30.1. The molecule has 0 radical (unpaired) electrons. The monoisotopic (exact) mass is 610 g/mol. The molecule has 1 N–H and O–H groups in total. The molecule has 1 saturated heterocycles. The molecule has 224 valence electrons. The van der Waals surface area contributed by atoms with Crippen LogP contribution in [0.2, 0.25) is 0 Å². The quantitative estimate of drug-likeness (QED) is 0.386. The number of fused-ring (bicyclic) bond motifs is 1. The number of sulfonamides is 1. The summed E-state index contributed by atoms with van der Waals surface area (Å²) in [6.07, 6.45) is 0.917. The average Bonchev–Trinajstić information content (AvgIpc) is 3.56. The average molecular weight is 611 g/mol. The zero-order valence-electron chi connectivity index (χ0n) is 24.6. The van der Waals surface area contributed by atoms with Gasteiger partial charge in [0.1, 0.15) is 10.6 Å². The summed E-state index contributed by atoms with van der Waals surface area (Å²) in [7, 11) is -1.62. The third-order valence-electron chi connectivity index (χ3n) is 7.74. The molecule has 0 atom stereocenters. The van der Waals surface area contributed by atoms with Crippen molar-refractivity contribution in [1.82, 2.24) is 19.5 Å². The van der Waals surface area contributed by atoms with Gasteiger partial charge in [-0.2, -0.15) is 4.31 Å². The number of hydrogen-bond donors (Lipinski definition) is 1. The molecular weight excluding hydrogens is 572 g/mol. The molecule has 0 saturated carbocycles. The Morgan fingerprint density at radius 1 is 1.02 bits per heavy atom. The van der Waals surface area contributed by atoms with E-state index in [4.69, 9.17) is 9.72 Å². The van der Waals surface area contributed by atoms with Gasteiger partial charge < -0.3 is 15.0 Å². The summed E-state index contributed by atoms with van der Waals surface area (Å²) in [5.74, 6) is -0.602. The van der Waals surface area contributed by atoms with E-state index in [0.717, 1.165) is 11.1 Å². The largest absolute Gasteiger partial charge is 0.460 e. The van der Waals surface area contributed by atoms with Gasteiger partial charge in [-0.25, -0.2) is 13.4 Å². The highest BCUT2D eigenvalue weighted by Gasteiger charge is 2.46. The molecule has 11 heteroatoms. The number of carbonyl (C=O) groups excluding carboxylic acids is 2. The van der Waals surface area contributed by atoms with Gasteiger partial charge in [-0.15, -0.1) is 11.3 Å². The maximum Gasteiger partial charge on any atom is 0.307 e. The van der Waals surface area contributed by atoms with E-state index in [1.165, 1.54) is 15.6 Å². The van der Waals surface area contributed by atoms with Crippen molar-refractivity contribution in [2.75, 3.05) is 33.2 Å². The van der Waals surface area contributed by atoms with Crippen molar-refractivity contribution in [3.05, 3.63) is 70.0 Å². The van der Waals surface area contributed by atoms with Crippen molar-refractivity contribution in [3.8, 4) is 11.3 Å². The van der Waals surface area contributed by atoms with Gasteiger partial charge in [0.2, 0.25) is 15.9 Å². The Bertz CT molecular complexity index is 1540. The standard InChI is InChI=1S/C31H38N4O5S2/c1-30(2,3)40-28(36)19-31(17-23-8-5-6-9-24(23)18-31)29(37)32-20-27-33-26(21-41-27)22-10-7-11-25(16-22)42(38,39)35-14-12-34(4)13-15-35/h5-11,16,21H,12-15,17-20H2,1-4H3,(H,32,37). The molecule has 9 nitrogen and oxygen atoms in total. The maximum atomic E-state index is 13.7. The van der Waals surface area contributed by atoms with Gasteiger partial charge in [0.05, 0.1) is 29.0 Å². The molecular formula is C31H38N4O5S2. The molecule has 1 fully saturated rings. The second kappa shape index (κ2) is 11.9. The summed E-state index contributed by atoms with van der Waals surface area (Å²) in [6.45, 7) is 7.98. The number of piperazine rings is 1. The fourth-order valence-electron chi connectivity index (χ4n) is 5.58. The first-order valence-corrected chi connectivity index (χ1v) is 16.5. The molecule has 2 heterocycles. The highest BCUT2D eigenvalue weighted by molar-refractivity contribution is 7.89. The Labute approximate surface area is 251 Å². The van der Waals surface area contributed by atoms with Crippen LogP contribution in [0.25, 0.3) is 11.3 Å². The number of benzene rings is 2. The molecule has 3 aromatic rings. The van der Waals surface area contributed by atoms with Crippen LogP contribution in [0.15, 0.2) is 58.8 Å². The minimum Gasteiger partial charge on any atom is -0.460 e. The summed E-state index contributed by atoms with van der Waals surface area (Å²) in [4.78, 5) is 33.6. The number of aromatic nitrogens is 1. The lowest BCUT2D eigenvalue weighted by molar-refractivity contribution is -0.160. The molecule has 2 aliphatic rings. The molecule has 5 rings (SSSR count). The normalized spacial score (nSPS) is 17.5. The third kappa shape index (κ3) is 6.75. The van der Waals surface area contributed by atoms with Gasteiger partial charge in [-0.05, 0) is 63.9 Å². The summed E-state index contributed by atoms with van der Waals surface area (Å²) in [5.41, 5.74) is 1.91. The van der Waals surface area contributed by atoms with Crippen molar-refractivity contribution in [2.24, 2.45) is 5.41 Å². The highest BCUT2D eigenvalue weighted by atomic mass is 32.2. The van der Waals surface area contributed by atoms with E-state index in [2.05, 4.69) is 10.2 Å². The second-order valence-corrected chi connectivity index (χ2v) is 15.1. The Hall–Kier alpha value is -3.12. The number of carbonyl (C=O) groups is 2. The SMILES string of the molecule is CN1CCN(S(=O)(=O)c2cccc(-c3csc(CNC(=O)C4(CC(=O)OC(C)(C)C)Cc5ccccc5C4)n3)c2)CC1. The van der Waals surface area contributed by atoms with Gasteiger partial charge in [0, 0.05) is 37.1 Å². The topological polar surface area (TPSA) is 109 Å². The Morgan fingerprint density at radius 2 is 1.69 bits per heavy atom. The number of likely N-dealkylation sites (N-methyl/N-ethyl adjacent to an activating group) is 1. The van der Waals surface area contributed by atoms with E-state index in [0.29, 0.717) is 55.3 Å². The van der Waals surface area contributed by atoms with Crippen LogP contribution >= 0.6 is 11.3 Å². The minimum absolute atomic E-state index is 0.0114. The van der Waals surface area contributed by atoms with Crippen LogP contribution in [0.5, 0.6) is 0 Å². The first-order chi connectivity index (χ1) is 19.8. The third-order valence-corrected chi connectivity index (χ3v) is 10.5. The van der Waals surface area contributed by atoms with E-state index in [1.807, 2.05) is 63.5 Å². The lowest BCUT2D eigenvalue weighted by Crippen LogP contribution is -2.47. The molecule has 1 amide bonds. The van der Waals surface area contributed by atoms with Crippen molar-refractivity contribution in [2.45, 2.75) is 57.1 Å². The summed E-state index contributed by atoms with van der Waals surface area (Å²) < 4.78 is 33.6. The summed E-state index contributed by atoms with van der Waals surface area (Å²) in [5, 5.41) is 5.58. The van der Waals surface area contributed by atoms with Crippen molar-refractivity contribution in [3.63, 3.8) is 0 Å². The van der Waals surface area contributed by atoms with Crippen LogP contribution in [-0.4, -0.2) is 73.3 Å². The van der Waals surface area contributed by atoms with Crippen LogP contribution in [-0.2, 0) is 43.7 Å². The van der Waals surface area contributed by atoms with Crippen LogP contribution in [0.4, 0.5) is 0 Å².